The summed E-state index contributed by atoms with van der Waals surface area (Å²) in [5, 5.41) is 14.3. The van der Waals surface area contributed by atoms with Gasteiger partial charge in [-0.2, -0.15) is 0 Å². The number of carbonyl (C=O) groups excluding carboxylic acids is 2. The molecule has 2 aromatic rings. The first-order valence-corrected chi connectivity index (χ1v) is 11.6. The summed E-state index contributed by atoms with van der Waals surface area (Å²) in [7, 11) is 0. The van der Waals surface area contributed by atoms with Crippen LogP contribution in [-0.2, 0) is 19.1 Å². The third-order valence-electron chi connectivity index (χ3n) is 6.06. The molecule has 0 aromatic heterocycles. The van der Waals surface area contributed by atoms with E-state index in [1.54, 1.807) is 0 Å². The number of hydrogen-bond acceptors (Lipinski definition) is 5. The Hall–Kier alpha value is -3.39. The van der Waals surface area contributed by atoms with E-state index < -0.39 is 24.0 Å². The number of aliphatic carboxylic acids is 1. The first-order valence-electron chi connectivity index (χ1n) is 11.6. The molecule has 0 spiro atoms. The number of carboxylic acid groups (broad SMARTS) is 1. The summed E-state index contributed by atoms with van der Waals surface area (Å²) in [5.74, 6) is -1.40. The number of carbonyl (C=O) groups is 3. The summed E-state index contributed by atoms with van der Waals surface area (Å²) in [6, 6.07) is 15.3. The average Bonchev–Trinajstić information content (AvgIpc) is 3.15. The van der Waals surface area contributed by atoms with Crippen molar-refractivity contribution < 1.29 is 29.0 Å². The predicted octanol–water partition coefficient (Wildman–Crippen LogP) is 3.55. The third kappa shape index (κ3) is 6.57. The second-order valence-electron chi connectivity index (χ2n) is 8.51. The van der Waals surface area contributed by atoms with Crippen molar-refractivity contribution in [3.63, 3.8) is 0 Å². The van der Waals surface area contributed by atoms with E-state index in [9.17, 15) is 19.5 Å². The number of rotatable bonds is 12. The maximum atomic E-state index is 12.1. The summed E-state index contributed by atoms with van der Waals surface area (Å²) >= 11 is 0. The van der Waals surface area contributed by atoms with Gasteiger partial charge in [-0.25, -0.2) is 9.59 Å². The van der Waals surface area contributed by atoms with Crippen molar-refractivity contribution in [1.29, 1.82) is 0 Å². The number of fused-ring (bicyclic) bond motifs is 3. The molecule has 1 aliphatic rings. The van der Waals surface area contributed by atoms with E-state index in [1.165, 1.54) is 0 Å². The summed E-state index contributed by atoms with van der Waals surface area (Å²) in [5.41, 5.74) is 4.60. The Morgan fingerprint density at radius 2 is 1.65 bits per heavy atom. The Morgan fingerprint density at radius 3 is 2.24 bits per heavy atom. The molecular weight excluding hydrogens is 436 g/mol. The molecule has 182 valence electrons. The fraction of sp³-hybridized carbons (Fsp3) is 0.423. The van der Waals surface area contributed by atoms with Crippen LogP contribution in [0, 0.1) is 5.92 Å². The van der Waals surface area contributed by atoms with E-state index in [0.29, 0.717) is 6.42 Å². The molecule has 34 heavy (non-hydrogen) atoms. The van der Waals surface area contributed by atoms with E-state index in [0.717, 1.165) is 28.7 Å². The highest BCUT2D eigenvalue weighted by molar-refractivity contribution is 5.84. The predicted molar refractivity (Wildman–Crippen MR) is 128 cm³/mol. The lowest BCUT2D eigenvalue weighted by atomic mass is 9.98. The van der Waals surface area contributed by atoms with E-state index in [-0.39, 0.29) is 38.2 Å². The molecule has 2 aromatic carbocycles. The Bertz CT molecular complexity index is 963. The molecule has 0 radical (unpaired) electrons. The lowest BCUT2D eigenvalue weighted by Gasteiger charge is -2.18. The van der Waals surface area contributed by atoms with E-state index in [2.05, 4.69) is 34.9 Å². The van der Waals surface area contributed by atoms with E-state index >= 15 is 0 Å². The van der Waals surface area contributed by atoms with Crippen molar-refractivity contribution in [2.75, 3.05) is 26.4 Å². The lowest BCUT2D eigenvalue weighted by molar-refractivity contribution is -0.143. The number of hydrogen-bond donors (Lipinski definition) is 3. The molecule has 0 fully saturated rings. The van der Waals surface area contributed by atoms with Crippen LogP contribution < -0.4 is 10.6 Å². The Kier molecular flexibility index (Phi) is 9.04. The quantitative estimate of drug-likeness (QED) is 0.411. The first-order chi connectivity index (χ1) is 16.4. The van der Waals surface area contributed by atoms with Gasteiger partial charge in [-0.3, -0.25) is 4.79 Å². The second-order valence-corrected chi connectivity index (χ2v) is 8.51. The van der Waals surface area contributed by atoms with Crippen molar-refractivity contribution in [3.8, 4) is 11.1 Å². The molecule has 3 rings (SSSR count). The number of nitrogens with one attached hydrogen (secondary N) is 2. The zero-order chi connectivity index (χ0) is 24.5. The fourth-order valence-electron chi connectivity index (χ4n) is 4.07. The van der Waals surface area contributed by atoms with Gasteiger partial charge >= 0.3 is 12.1 Å². The molecule has 0 saturated carbocycles. The summed E-state index contributed by atoms with van der Waals surface area (Å²) in [6.07, 6.45) is 0.632. The van der Waals surface area contributed by atoms with Gasteiger partial charge in [0.2, 0.25) is 5.91 Å². The van der Waals surface area contributed by atoms with Gasteiger partial charge in [-0.1, -0.05) is 68.8 Å². The van der Waals surface area contributed by atoms with Gasteiger partial charge < -0.3 is 25.2 Å². The number of benzene rings is 2. The lowest BCUT2D eigenvalue weighted by Crippen LogP contribution is -2.43. The van der Waals surface area contributed by atoms with Gasteiger partial charge in [0, 0.05) is 12.5 Å². The van der Waals surface area contributed by atoms with Crippen LogP contribution in [0.5, 0.6) is 0 Å². The summed E-state index contributed by atoms with van der Waals surface area (Å²) in [6.45, 7) is 4.11. The zero-order valence-electron chi connectivity index (χ0n) is 19.6. The van der Waals surface area contributed by atoms with Gasteiger partial charge in [0.05, 0.1) is 6.61 Å². The van der Waals surface area contributed by atoms with E-state index in [4.69, 9.17) is 9.47 Å². The maximum Gasteiger partial charge on any atom is 0.407 e. The summed E-state index contributed by atoms with van der Waals surface area (Å²) in [4.78, 5) is 35.4. The van der Waals surface area contributed by atoms with Crippen LogP contribution in [0.1, 0.15) is 43.7 Å². The van der Waals surface area contributed by atoms with Crippen LogP contribution in [0.2, 0.25) is 0 Å². The van der Waals surface area contributed by atoms with Crippen molar-refractivity contribution in [3.05, 3.63) is 59.7 Å². The van der Waals surface area contributed by atoms with Gasteiger partial charge in [0.25, 0.3) is 0 Å². The minimum atomic E-state index is -1.06. The summed E-state index contributed by atoms with van der Waals surface area (Å²) < 4.78 is 10.7. The highest BCUT2D eigenvalue weighted by Gasteiger charge is 2.29. The second kappa shape index (κ2) is 12.2. The fourth-order valence-corrected chi connectivity index (χ4v) is 4.07. The molecule has 0 saturated heterocycles. The SMILES string of the molecule is CCC(C)CC(NC(=O)COCCNC(=O)OCC1c2ccccc2-c2ccccc21)C(=O)O. The highest BCUT2D eigenvalue weighted by Crippen LogP contribution is 2.44. The minimum absolute atomic E-state index is 0.0179. The molecule has 2 atom stereocenters. The third-order valence-corrected chi connectivity index (χ3v) is 6.06. The Balaban J connectivity index is 1.36. The molecule has 3 N–H and O–H groups in total. The van der Waals surface area contributed by atoms with Crippen LogP contribution >= 0.6 is 0 Å². The number of carboxylic acids is 1. The largest absolute Gasteiger partial charge is 0.480 e. The van der Waals surface area contributed by atoms with Crippen molar-refractivity contribution in [2.24, 2.45) is 5.92 Å². The van der Waals surface area contributed by atoms with Gasteiger partial charge in [0.1, 0.15) is 19.3 Å². The molecule has 0 bridgehead atoms. The Morgan fingerprint density at radius 1 is 1.03 bits per heavy atom. The van der Waals surface area contributed by atoms with Crippen LogP contribution in [0.15, 0.2) is 48.5 Å². The smallest absolute Gasteiger partial charge is 0.407 e. The number of alkyl carbamates (subject to hydrolysis) is 1. The normalized spacial score (nSPS) is 13.9. The van der Waals surface area contributed by atoms with Gasteiger partial charge in [-0.15, -0.1) is 0 Å². The molecule has 8 heteroatoms. The molecular formula is C26H32N2O6. The van der Waals surface area contributed by atoms with Crippen LogP contribution in [0.3, 0.4) is 0 Å². The molecule has 2 unspecified atom stereocenters. The first kappa shape index (κ1) is 25.2. The zero-order valence-corrected chi connectivity index (χ0v) is 19.6. The molecule has 8 nitrogen and oxygen atoms in total. The van der Waals surface area contributed by atoms with Gasteiger partial charge in [0.15, 0.2) is 0 Å². The van der Waals surface area contributed by atoms with Crippen LogP contribution in [-0.4, -0.2) is 55.5 Å². The van der Waals surface area contributed by atoms with Crippen molar-refractivity contribution in [2.45, 2.75) is 38.6 Å². The van der Waals surface area contributed by atoms with Crippen molar-refractivity contribution in [1.82, 2.24) is 10.6 Å². The molecule has 1 aliphatic carbocycles. The standard InChI is InChI=1S/C26H32N2O6/c1-3-17(2)14-23(25(30)31)28-24(29)16-33-13-12-27-26(32)34-15-22-20-10-6-4-8-18(20)19-9-5-7-11-21(19)22/h4-11,17,22-23H,3,12-16H2,1-2H3,(H,27,32)(H,28,29)(H,30,31). The Labute approximate surface area is 199 Å². The maximum absolute atomic E-state index is 12.1. The van der Waals surface area contributed by atoms with Crippen molar-refractivity contribution >= 4 is 18.0 Å². The van der Waals surface area contributed by atoms with E-state index in [1.807, 2.05) is 38.1 Å². The topological polar surface area (TPSA) is 114 Å². The number of ether oxygens (including phenoxy) is 2. The minimum Gasteiger partial charge on any atom is -0.480 e. The molecule has 0 heterocycles. The monoisotopic (exact) mass is 468 g/mol. The average molecular weight is 469 g/mol. The number of amides is 2. The highest BCUT2D eigenvalue weighted by atomic mass is 16.5. The van der Waals surface area contributed by atoms with Crippen LogP contribution in [0.4, 0.5) is 4.79 Å². The van der Waals surface area contributed by atoms with Crippen LogP contribution in [0.25, 0.3) is 11.1 Å². The molecule has 0 aliphatic heterocycles. The molecule has 2 amide bonds. The van der Waals surface area contributed by atoms with Gasteiger partial charge in [-0.05, 0) is 34.6 Å².